The van der Waals surface area contributed by atoms with Gasteiger partial charge in [-0.15, -0.1) is 0 Å². The van der Waals surface area contributed by atoms with Gasteiger partial charge in [0, 0.05) is 19.6 Å². The van der Waals surface area contributed by atoms with Crippen LogP contribution in [0.4, 0.5) is 0 Å². The van der Waals surface area contributed by atoms with Gasteiger partial charge in [0.1, 0.15) is 0 Å². The van der Waals surface area contributed by atoms with E-state index in [9.17, 15) is 0 Å². The van der Waals surface area contributed by atoms with Gasteiger partial charge in [0.25, 0.3) is 0 Å². The number of aromatic nitrogens is 1. The topological polar surface area (TPSA) is 31.4 Å². The summed E-state index contributed by atoms with van der Waals surface area (Å²) >= 11 is 6.07. The highest BCUT2D eigenvalue weighted by molar-refractivity contribution is 6.30. The average Bonchev–Trinajstić information content (AvgIpc) is 2.66. The lowest BCUT2D eigenvalue weighted by molar-refractivity contribution is 0.154. The second-order valence-electron chi connectivity index (χ2n) is 4.73. The standard InChI is InChI=1S/C14H18ClNO2/c1-8-5-10(9(2)7-17-3)11-6-12(18-4)14(15)16-13(8)11/h5-6,9-10H,7H2,1-4H3/t9?,10-/m1/s1. The van der Waals surface area contributed by atoms with Gasteiger partial charge in [-0.3, -0.25) is 0 Å². The number of pyridine rings is 1. The van der Waals surface area contributed by atoms with Gasteiger partial charge in [-0.2, -0.15) is 0 Å². The summed E-state index contributed by atoms with van der Waals surface area (Å²) in [7, 11) is 3.34. The lowest BCUT2D eigenvalue weighted by atomic mass is 9.90. The van der Waals surface area contributed by atoms with Crippen molar-refractivity contribution < 1.29 is 9.47 Å². The molecule has 1 heterocycles. The van der Waals surface area contributed by atoms with Gasteiger partial charge in [-0.1, -0.05) is 24.6 Å². The highest BCUT2D eigenvalue weighted by Crippen LogP contribution is 2.42. The quantitative estimate of drug-likeness (QED) is 0.782. The van der Waals surface area contributed by atoms with Crippen LogP contribution in [0.3, 0.4) is 0 Å². The summed E-state index contributed by atoms with van der Waals surface area (Å²) in [6, 6.07) is 1.99. The molecule has 2 atom stereocenters. The highest BCUT2D eigenvalue weighted by atomic mass is 35.5. The molecule has 0 aromatic carbocycles. The van der Waals surface area contributed by atoms with Crippen molar-refractivity contribution in [3.8, 4) is 5.75 Å². The van der Waals surface area contributed by atoms with Crippen molar-refractivity contribution >= 4 is 17.2 Å². The molecule has 0 fully saturated rings. The maximum Gasteiger partial charge on any atom is 0.171 e. The lowest BCUT2D eigenvalue weighted by Gasteiger charge is -2.19. The van der Waals surface area contributed by atoms with Crippen LogP contribution in [0.2, 0.25) is 5.15 Å². The maximum atomic E-state index is 6.07. The van der Waals surface area contributed by atoms with E-state index in [0.29, 0.717) is 22.7 Å². The Balaban J connectivity index is 2.42. The van der Waals surface area contributed by atoms with E-state index in [-0.39, 0.29) is 0 Å². The summed E-state index contributed by atoms with van der Waals surface area (Å²) in [6.07, 6.45) is 2.23. The van der Waals surface area contributed by atoms with Crippen molar-refractivity contribution in [3.63, 3.8) is 0 Å². The summed E-state index contributed by atoms with van der Waals surface area (Å²) in [5.41, 5.74) is 3.33. The fraction of sp³-hybridized carbons (Fsp3) is 0.500. The van der Waals surface area contributed by atoms with Crippen LogP contribution >= 0.6 is 11.6 Å². The Bertz CT molecular complexity index is 485. The SMILES string of the molecule is COCC(C)[C@H]1C=C(C)c2nc(Cl)c(OC)cc21. The average molecular weight is 268 g/mol. The van der Waals surface area contributed by atoms with Gasteiger partial charge in [0.15, 0.2) is 10.9 Å². The number of ether oxygens (including phenoxy) is 2. The highest BCUT2D eigenvalue weighted by Gasteiger charge is 2.28. The third-order valence-electron chi connectivity index (χ3n) is 3.40. The number of nitrogens with zero attached hydrogens (tertiary/aromatic N) is 1. The van der Waals surface area contributed by atoms with Crippen LogP contribution in [0, 0.1) is 5.92 Å². The van der Waals surface area contributed by atoms with E-state index in [1.54, 1.807) is 14.2 Å². The molecule has 0 saturated carbocycles. The molecule has 1 unspecified atom stereocenters. The minimum atomic E-state index is 0.318. The number of allylic oxidation sites excluding steroid dienone is 2. The number of methoxy groups -OCH3 is 2. The van der Waals surface area contributed by atoms with Gasteiger partial charge < -0.3 is 9.47 Å². The third-order valence-corrected chi connectivity index (χ3v) is 3.67. The first kappa shape index (κ1) is 13.4. The molecule has 1 aliphatic rings. The first-order valence-corrected chi connectivity index (χ1v) is 6.38. The van der Waals surface area contributed by atoms with Gasteiger partial charge in [0.2, 0.25) is 0 Å². The first-order chi connectivity index (χ1) is 8.58. The normalized spacial score (nSPS) is 19.4. The second-order valence-corrected chi connectivity index (χ2v) is 5.09. The van der Waals surface area contributed by atoms with Crippen molar-refractivity contribution in [3.05, 3.63) is 28.6 Å². The van der Waals surface area contributed by atoms with Crippen molar-refractivity contribution in [1.29, 1.82) is 0 Å². The number of rotatable bonds is 4. The molecular formula is C14H18ClNO2. The Morgan fingerprint density at radius 3 is 2.78 bits per heavy atom. The Morgan fingerprint density at radius 1 is 1.44 bits per heavy atom. The first-order valence-electron chi connectivity index (χ1n) is 6.00. The Kier molecular flexibility index (Phi) is 3.93. The molecule has 0 radical (unpaired) electrons. The van der Waals surface area contributed by atoms with Gasteiger partial charge in [-0.05, 0) is 30.0 Å². The molecular weight excluding hydrogens is 250 g/mol. The number of hydrogen-bond donors (Lipinski definition) is 0. The van der Waals surface area contributed by atoms with E-state index >= 15 is 0 Å². The van der Waals surface area contributed by atoms with Crippen LogP contribution in [-0.2, 0) is 4.74 Å². The molecule has 2 rings (SSSR count). The van der Waals surface area contributed by atoms with Crippen molar-refractivity contribution in [2.45, 2.75) is 19.8 Å². The van der Waals surface area contributed by atoms with Crippen molar-refractivity contribution in [1.82, 2.24) is 4.98 Å². The van der Waals surface area contributed by atoms with Crippen LogP contribution in [0.15, 0.2) is 12.1 Å². The fourth-order valence-corrected chi connectivity index (χ4v) is 2.69. The predicted molar refractivity (Wildman–Crippen MR) is 73.2 cm³/mol. The maximum absolute atomic E-state index is 6.07. The molecule has 0 N–H and O–H groups in total. The van der Waals surface area contributed by atoms with E-state index < -0.39 is 0 Å². The zero-order valence-corrected chi connectivity index (χ0v) is 11.9. The van der Waals surface area contributed by atoms with Crippen LogP contribution < -0.4 is 4.74 Å². The van der Waals surface area contributed by atoms with E-state index in [2.05, 4.69) is 24.9 Å². The summed E-state index contributed by atoms with van der Waals surface area (Å²) in [5.74, 6) is 1.35. The van der Waals surface area contributed by atoms with Crippen LogP contribution in [0.25, 0.3) is 5.57 Å². The molecule has 1 aromatic heterocycles. The molecule has 4 heteroatoms. The minimum Gasteiger partial charge on any atom is -0.494 e. The third kappa shape index (κ3) is 2.25. The molecule has 3 nitrogen and oxygen atoms in total. The molecule has 0 bridgehead atoms. The van der Waals surface area contributed by atoms with Crippen LogP contribution in [0.5, 0.6) is 5.75 Å². The van der Waals surface area contributed by atoms with Crippen molar-refractivity contribution in [2.75, 3.05) is 20.8 Å². The van der Waals surface area contributed by atoms with Gasteiger partial charge >= 0.3 is 0 Å². The van der Waals surface area contributed by atoms with E-state index in [1.165, 1.54) is 11.1 Å². The fourth-order valence-electron chi connectivity index (χ4n) is 2.48. The van der Waals surface area contributed by atoms with E-state index in [1.807, 2.05) is 6.07 Å². The van der Waals surface area contributed by atoms with Gasteiger partial charge in [0.05, 0.1) is 12.8 Å². The molecule has 98 valence electrons. The molecule has 0 spiro atoms. The second kappa shape index (κ2) is 5.29. The molecule has 0 saturated heterocycles. The van der Waals surface area contributed by atoms with Gasteiger partial charge in [-0.25, -0.2) is 4.98 Å². The van der Waals surface area contributed by atoms with Crippen LogP contribution in [0.1, 0.15) is 31.0 Å². The summed E-state index contributed by atoms with van der Waals surface area (Å²) in [4.78, 5) is 4.43. The number of halogens is 1. The number of hydrogen-bond acceptors (Lipinski definition) is 3. The lowest BCUT2D eigenvalue weighted by Crippen LogP contribution is -2.12. The zero-order valence-electron chi connectivity index (χ0n) is 11.2. The zero-order chi connectivity index (χ0) is 13.3. The van der Waals surface area contributed by atoms with E-state index in [0.717, 1.165) is 12.3 Å². The molecule has 1 aliphatic carbocycles. The Hall–Kier alpha value is -1.06. The van der Waals surface area contributed by atoms with E-state index in [4.69, 9.17) is 21.1 Å². The summed E-state index contributed by atoms with van der Waals surface area (Å²) < 4.78 is 10.5. The number of fused-ring (bicyclic) bond motifs is 1. The molecule has 0 amide bonds. The molecule has 1 aromatic rings. The van der Waals surface area contributed by atoms with Crippen LogP contribution in [-0.4, -0.2) is 25.8 Å². The Labute approximate surface area is 113 Å². The minimum absolute atomic E-state index is 0.318. The smallest absolute Gasteiger partial charge is 0.171 e. The van der Waals surface area contributed by atoms with Crippen molar-refractivity contribution in [2.24, 2.45) is 5.92 Å². The largest absolute Gasteiger partial charge is 0.494 e. The Morgan fingerprint density at radius 2 is 2.17 bits per heavy atom. The summed E-state index contributed by atoms with van der Waals surface area (Å²) in [6.45, 7) is 4.96. The monoisotopic (exact) mass is 267 g/mol. The molecule has 18 heavy (non-hydrogen) atoms. The predicted octanol–water partition coefficient (Wildman–Crippen LogP) is 3.53. The summed E-state index contributed by atoms with van der Waals surface area (Å²) in [5, 5.41) is 0.420. The molecule has 0 aliphatic heterocycles.